The van der Waals surface area contributed by atoms with Crippen molar-refractivity contribution in [1.29, 1.82) is 0 Å². The average Bonchev–Trinajstić information content (AvgIpc) is 2.62. The molecule has 0 aromatic rings. The minimum absolute atomic E-state index is 0.0709. The van der Waals surface area contributed by atoms with Crippen molar-refractivity contribution in [3.8, 4) is 0 Å². The number of unbranched alkanes of at least 4 members (excludes halogenated alkanes) is 1. The number of esters is 1. The molecule has 3 nitrogen and oxygen atoms in total. The monoisotopic (exact) mass is 199 g/mol. The molecule has 1 aliphatic heterocycles. The van der Waals surface area contributed by atoms with Gasteiger partial charge in [0.2, 0.25) is 0 Å². The topological polar surface area (TPSA) is 29.5 Å². The van der Waals surface area contributed by atoms with Crippen LogP contribution >= 0.6 is 0 Å². The second kappa shape index (κ2) is 6.02. The molecule has 0 N–H and O–H groups in total. The van der Waals surface area contributed by atoms with Crippen molar-refractivity contribution in [2.75, 3.05) is 20.2 Å². The van der Waals surface area contributed by atoms with Gasteiger partial charge in [0.1, 0.15) is 0 Å². The molecule has 0 aliphatic carbocycles. The maximum absolute atomic E-state index is 11.1. The third kappa shape index (κ3) is 3.29. The van der Waals surface area contributed by atoms with E-state index in [9.17, 15) is 4.79 Å². The van der Waals surface area contributed by atoms with Crippen molar-refractivity contribution >= 4 is 5.97 Å². The number of carbonyl (C=O) groups excluding carboxylic acids is 1. The predicted molar refractivity (Wildman–Crippen MR) is 56.1 cm³/mol. The van der Waals surface area contributed by atoms with E-state index in [0.717, 1.165) is 19.5 Å². The van der Waals surface area contributed by atoms with Crippen LogP contribution in [0.3, 0.4) is 0 Å². The Kier molecular flexibility index (Phi) is 4.94. The van der Waals surface area contributed by atoms with Gasteiger partial charge < -0.3 is 4.74 Å². The molecule has 82 valence electrons. The summed E-state index contributed by atoms with van der Waals surface area (Å²) in [5.74, 6) is -0.0709. The lowest BCUT2D eigenvalue weighted by Gasteiger charge is -2.23. The first-order valence-electron chi connectivity index (χ1n) is 5.58. The fourth-order valence-electron chi connectivity index (χ4n) is 2.06. The van der Waals surface area contributed by atoms with Crippen LogP contribution in [-0.4, -0.2) is 37.1 Å². The molecule has 1 heterocycles. The third-order valence-corrected chi connectivity index (χ3v) is 2.93. The van der Waals surface area contributed by atoms with E-state index < -0.39 is 0 Å². The number of hydrogen-bond acceptors (Lipinski definition) is 3. The molecular weight excluding hydrogens is 178 g/mol. The maximum Gasteiger partial charge on any atom is 0.307 e. The normalized spacial score (nSPS) is 22.6. The van der Waals surface area contributed by atoms with Gasteiger partial charge in [-0.1, -0.05) is 13.3 Å². The molecule has 0 aromatic heterocycles. The Morgan fingerprint density at radius 2 is 2.36 bits per heavy atom. The van der Waals surface area contributed by atoms with Crippen LogP contribution in [0.4, 0.5) is 0 Å². The minimum Gasteiger partial charge on any atom is -0.469 e. The van der Waals surface area contributed by atoms with Crippen LogP contribution in [0.2, 0.25) is 0 Å². The molecule has 0 saturated carbocycles. The molecule has 1 rings (SSSR count). The standard InChI is InChI=1S/C11H21NO2/c1-3-4-7-12-8-5-6-10(12)9-11(13)14-2/h10H,3-9H2,1-2H3/t10-/m1/s1. The quantitative estimate of drug-likeness (QED) is 0.632. The average molecular weight is 199 g/mol. The Morgan fingerprint density at radius 3 is 3.00 bits per heavy atom. The van der Waals surface area contributed by atoms with Crippen molar-refractivity contribution in [3.05, 3.63) is 0 Å². The highest BCUT2D eigenvalue weighted by atomic mass is 16.5. The second-order valence-electron chi connectivity index (χ2n) is 3.97. The van der Waals surface area contributed by atoms with Crippen LogP contribution in [-0.2, 0) is 9.53 Å². The van der Waals surface area contributed by atoms with E-state index in [4.69, 9.17) is 4.74 Å². The van der Waals surface area contributed by atoms with Gasteiger partial charge in [0.15, 0.2) is 0 Å². The highest BCUT2D eigenvalue weighted by molar-refractivity contribution is 5.69. The van der Waals surface area contributed by atoms with Crippen LogP contribution in [0, 0.1) is 0 Å². The van der Waals surface area contributed by atoms with Crippen LogP contribution in [0.1, 0.15) is 39.0 Å². The molecule has 1 saturated heterocycles. The lowest BCUT2D eigenvalue weighted by molar-refractivity contribution is -0.141. The summed E-state index contributed by atoms with van der Waals surface area (Å²) in [4.78, 5) is 13.6. The SMILES string of the molecule is CCCCN1CCC[C@@H]1CC(=O)OC. The van der Waals surface area contributed by atoms with E-state index in [1.54, 1.807) is 0 Å². The predicted octanol–water partition coefficient (Wildman–Crippen LogP) is 1.81. The molecule has 14 heavy (non-hydrogen) atoms. The molecule has 0 radical (unpaired) electrons. The number of ether oxygens (including phenoxy) is 1. The molecule has 1 aliphatic rings. The summed E-state index contributed by atoms with van der Waals surface area (Å²) in [6.07, 6.45) is 5.41. The summed E-state index contributed by atoms with van der Waals surface area (Å²) in [5, 5.41) is 0. The molecule has 0 amide bonds. The van der Waals surface area contributed by atoms with E-state index in [0.29, 0.717) is 12.5 Å². The second-order valence-corrected chi connectivity index (χ2v) is 3.97. The highest BCUT2D eigenvalue weighted by Crippen LogP contribution is 2.20. The van der Waals surface area contributed by atoms with Crippen LogP contribution in [0.25, 0.3) is 0 Å². The van der Waals surface area contributed by atoms with Gasteiger partial charge in [0.25, 0.3) is 0 Å². The molecule has 3 heteroatoms. The molecule has 0 bridgehead atoms. The fourth-order valence-corrected chi connectivity index (χ4v) is 2.06. The molecule has 0 aromatic carbocycles. The van der Waals surface area contributed by atoms with Gasteiger partial charge in [-0.3, -0.25) is 9.69 Å². The summed E-state index contributed by atoms with van der Waals surface area (Å²) in [5.41, 5.74) is 0. The van der Waals surface area contributed by atoms with E-state index in [2.05, 4.69) is 11.8 Å². The van der Waals surface area contributed by atoms with E-state index >= 15 is 0 Å². The molecule has 1 fully saturated rings. The van der Waals surface area contributed by atoms with Crippen molar-refractivity contribution < 1.29 is 9.53 Å². The summed E-state index contributed by atoms with van der Waals surface area (Å²) >= 11 is 0. The Labute approximate surface area is 86.4 Å². The zero-order valence-electron chi connectivity index (χ0n) is 9.29. The van der Waals surface area contributed by atoms with Gasteiger partial charge in [-0.05, 0) is 32.4 Å². The highest BCUT2D eigenvalue weighted by Gasteiger charge is 2.26. The Balaban J connectivity index is 2.31. The Morgan fingerprint density at radius 1 is 1.57 bits per heavy atom. The van der Waals surface area contributed by atoms with Crippen molar-refractivity contribution in [3.63, 3.8) is 0 Å². The first-order chi connectivity index (χ1) is 6.77. The fraction of sp³-hybridized carbons (Fsp3) is 0.909. The number of carbonyl (C=O) groups is 1. The van der Waals surface area contributed by atoms with E-state index in [1.807, 2.05) is 0 Å². The van der Waals surface area contributed by atoms with Crippen LogP contribution in [0.15, 0.2) is 0 Å². The summed E-state index contributed by atoms with van der Waals surface area (Å²) < 4.78 is 4.70. The molecule has 0 unspecified atom stereocenters. The van der Waals surface area contributed by atoms with Crippen molar-refractivity contribution in [2.24, 2.45) is 0 Å². The summed E-state index contributed by atoms with van der Waals surface area (Å²) in [6, 6.07) is 0.439. The zero-order chi connectivity index (χ0) is 10.4. The van der Waals surface area contributed by atoms with Gasteiger partial charge in [0.05, 0.1) is 13.5 Å². The smallest absolute Gasteiger partial charge is 0.307 e. The Hall–Kier alpha value is -0.570. The van der Waals surface area contributed by atoms with Gasteiger partial charge in [0, 0.05) is 6.04 Å². The van der Waals surface area contributed by atoms with Gasteiger partial charge >= 0.3 is 5.97 Å². The largest absolute Gasteiger partial charge is 0.469 e. The number of hydrogen-bond donors (Lipinski definition) is 0. The first kappa shape index (κ1) is 11.5. The lowest BCUT2D eigenvalue weighted by Crippen LogP contribution is -2.32. The zero-order valence-corrected chi connectivity index (χ0v) is 9.29. The van der Waals surface area contributed by atoms with Crippen LogP contribution in [0.5, 0.6) is 0 Å². The minimum atomic E-state index is -0.0709. The summed E-state index contributed by atoms with van der Waals surface area (Å²) in [7, 11) is 1.47. The van der Waals surface area contributed by atoms with Crippen molar-refractivity contribution in [1.82, 2.24) is 4.90 Å². The third-order valence-electron chi connectivity index (χ3n) is 2.93. The maximum atomic E-state index is 11.1. The molecular formula is C11H21NO2. The van der Waals surface area contributed by atoms with Gasteiger partial charge in [-0.15, -0.1) is 0 Å². The molecule has 1 atom stereocenters. The van der Waals surface area contributed by atoms with E-state index in [-0.39, 0.29) is 5.97 Å². The number of rotatable bonds is 5. The Bertz CT molecular complexity index is 182. The number of methoxy groups -OCH3 is 1. The van der Waals surface area contributed by atoms with Crippen molar-refractivity contribution in [2.45, 2.75) is 45.1 Å². The lowest BCUT2D eigenvalue weighted by atomic mass is 10.1. The van der Waals surface area contributed by atoms with Crippen LogP contribution < -0.4 is 0 Å². The first-order valence-corrected chi connectivity index (χ1v) is 5.58. The summed E-state index contributed by atoms with van der Waals surface area (Å²) in [6.45, 7) is 4.49. The van der Waals surface area contributed by atoms with E-state index in [1.165, 1.54) is 26.4 Å². The molecule has 0 spiro atoms. The van der Waals surface area contributed by atoms with Gasteiger partial charge in [-0.2, -0.15) is 0 Å². The number of nitrogens with zero attached hydrogens (tertiary/aromatic N) is 1. The number of likely N-dealkylation sites (tertiary alicyclic amines) is 1. The van der Waals surface area contributed by atoms with Gasteiger partial charge in [-0.25, -0.2) is 0 Å².